The standard InChI is InChI=1S/C18H20Cl2N2O/c1-23-16-4-2-3-15(12-16)22-9-7-21(8-10-22)13-14-5-6-17(19)18(20)11-14/h2-6,11-12H,7-10,13H2,1H3. The van der Waals surface area contributed by atoms with Crippen LogP contribution < -0.4 is 9.64 Å². The Morgan fingerprint density at radius 1 is 0.957 bits per heavy atom. The highest BCUT2D eigenvalue weighted by Gasteiger charge is 2.17. The molecule has 0 saturated carbocycles. The SMILES string of the molecule is COc1cccc(N2CCN(Cc3ccc(Cl)c(Cl)c3)CC2)c1. The molecule has 0 spiro atoms. The van der Waals surface area contributed by atoms with E-state index in [-0.39, 0.29) is 0 Å². The van der Waals surface area contributed by atoms with Crippen molar-refractivity contribution >= 4 is 28.9 Å². The topological polar surface area (TPSA) is 15.7 Å². The third-order valence-corrected chi connectivity index (χ3v) is 4.92. The summed E-state index contributed by atoms with van der Waals surface area (Å²) in [6, 6.07) is 14.1. The van der Waals surface area contributed by atoms with E-state index in [1.165, 1.54) is 11.3 Å². The van der Waals surface area contributed by atoms with Gasteiger partial charge in [-0.15, -0.1) is 0 Å². The molecule has 2 aromatic carbocycles. The minimum absolute atomic E-state index is 0.610. The normalized spacial score (nSPS) is 15.7. The van der Waals surface area contributed by atoms with E-state index >= 15 is 0 Å². The number of nitrogens with zero attached hydrogens (tertiary/aromatic N) is 2. The molecule has 2 aromatic rings. The molecule has 3 rings (SSSR count). The van der Waals surface area contributed by atoms with E-state index in [1.807, 2.05) is 30.3 Å². The summed E-state index contributed by atoms with van der Waals surface area (Å²) in [7, 11) is 1.70. The van der Waals surface area contributed by atoms with Crippen LogP contribution in [0.4, 0.5) is 5.69 Å². The average molecular weight is 351 g/mol. The Morgan fingerprint density at radius 2 is 1.74 bits per heavy atom. The number of halogens is 2. The summed E-state index contributed by atoms with van der Waals surface area (Å²) < 4.78 is 5.31. The highest BCUT2D eigenvalue weighted by molar-refractivity contribution is 6.42. The summed E-state index contributed by atoms with van der Waals surface area (Å²) in [6.07, 6.45) is 0. The molecule has 1 saturated heterocycles. The van der Waals surface area contributed by atoms with Crippen molar-refractivity contribution < 1.29 is 4.74 Å². The van der Waals surface area contributed by atoms with Crippen molar-refractivity contribution in [1.82, 2.24) is 4.90 Å². The summed E-state index contributed by atoms with van der Waals surface area (Å²) in [5.74, 6) is 0.903. The monoisotopic (exact) mass is 350 g/mol. The van der Waals surface area contributed by atoms with Crippen molar-refractivity contribution in [2.24, 2.45) is 0 Å². The number of piperazine rings is 1. The molecule has 1 aliphatic rings. The number of methoxy groups -OCH3 is 1. The van der Waals surface area contributed by atoms with E-state index in [9.17, 15) is 0 Å². The van der Waals surface area contributed by atoms with Crippen LogP contribution in [0.1, 0.15) is 5.56 Å². The first kappa shape index (κ1) is 16.4. The maximum absolute atomic E-state index is 6.09. The zero-order chi connectivity index (χ0) is 16.2. The third kappa shape index (κ3) is 4.11. The number of rotatable bonds is 4. The summed E-state index contributed by atoms with van der Waals surface area (Å²) >= 11 is 12.1. The van der Waals surface area contributed by atoms with Crippen molar-refractivity contribution in [3.63, 3.8) is 0 Å². The average Bonchev–Trinajstić information content (AvgIpc) is 2.59. The quantitative estimate of drug-likeness (QED) is 0.816. The Labute approximate surface area is 147 Å². The van der Waals surface area contributed by atoms with Gasteiger partial charge in [-0.3, -0.25) is 4.90 Å². The first-order chi connectivity index (χ1) is 11.2. The Bertz CT molecular complexity index is 670. The van der Waals surface area contributed by atoms with Gasteiger partial charge in [0.05, 0.1) is 17.2 Å². The predicted molar refractivity (Wildman–Crippen MR) is 96.9 cm³/mol. The molecule has 1 fully saturated rings. The molecule has 1 aliphatic heterocycles. The van der Waals surface area contributed by atoms with Gasteiger partial charge in [0, 0.05) is 44.5 Å². The molecule has 0 aliphatic carbocycles. The molecule has 0 radical (unpaired) electrons. The number of hydrogen-bond donors (Lipinski definition) is 0. The zero-order valence-electron chi connectivity index (χ0n) is 13.1. The second-order valence-corrected chi connectivity index (χ2v) is 6.53. The maximum Gasteiger partial charge on any atom is 0.120 e. The van der Waals surface area contributed by atoms with Gasteiger partial charge < -0.3 is 9.64 Å². The van der Waals surface area contributed by atoms with Crippen molar-refractivity contribution in [3.8, 4) is 5.75 Å². The highest BCUT2D eigenvalue weighted by Crippen LogP contribution is 2.25. The van der Waals surface area contributed by atoms with Gasteiger partial charge in [0.1, 0.15) is 5.75 Å². The van der Waals surface area contributed by atoms with Gasteiger partial charge in [0.2, 0.25) is 0 Å². The Hall–Kier alpha value is -1.42. The Balaban J connectivity index is 1.58. The third-order valence-electron chi connectivity index (χ3n) is 4.18. The molecule has 122 valence electrons. The van der Waals surface area contributed by atoms with Crippen LogP contribution in [0.15, 0.2) is 42.5 Å². The van der Waals surface area contributed by atoms with Crippen LogP contribution in [-0.4, -0.2) is 38.2 Å². The van der Waals surface area contributed by atoms with Gasteiger partial charge in [-0.2, -0.15) is 0 Å². The van der Waals surface area contributed by atoms with Crippen LogP contribution >= 0.6 is 23.2 Å². The lowest BCUT2D eigenvalue weighted by Gasteiger charge is -2.36. The van der Waals surface area contributed by atoms with Crippen LogP contribution in [0.5, 0.6) is 5.75 Å². The predicted octanol–water partition coefficient (Wildman–Crippen LogP) is 4.32. The van der Waals surface area contributed by atoms with Crippen LogP contribution in [0.2, 0.25) is 10.0 Å². The van der Waals surface area contributed by atoms with Crippen molar-refractivity contribution in [3.05, 3.63) is 58.1 Å². The number of anilines is 1. The minimum Gasteiger partial charge on any atom is -0.497 e. The van der Waals surface area contributed by atoms with Crippen molar-refractivity contribution in [2.75, 3.05) is 38.2 Å². The van der Waals surface area contributed by atoms with Crippen LogP contribution in [-0.2, 0) is 6.54 Å². The number of benzene rings is 2. The molecule has 0 amide bonds. The van der Waals surface area contributed by atoms with Crippen LogP contribution in [0, 0.1) is 0 Å². The molecular weight excluding hydrogens is 331 g/mol. The fraction of sp³-hybridized carbons (Fsp3) is 0.333. The fourth-order valence-corrected chi connectivity index (χ4v) is 3.19. The van der Waals surface area contributed by atoms with E-state index in [2.05, 4.69) is 21.9 Å². The molecular formula is C18H20Cl2N2O. The Morgan fingerprint density at radius 3 is 2.43 bits per heavy atom. The van der Waals surface area contributed by atoms with Gasteiger partial charge in [0.15, 0.2) is 0 Å². The maximum atomic E-state index is 6.09. The summed E-state index contributed by atoms with van der Waals surface area (Å²) in [5.41, 5.74) is 2.42. The van der Waals surface area contributed by atoms with Crippen molar-refractivity contribution in [1.29, 1.82) is 0 Å². The van der Waals surface area contributed by atoms with E-state index in [4.69, 9.17) is 27.9 Å². The molecule has 23 heavy (non-hydrogen) atoms. The van der Waals surface area contributed by atoms with Gasteiger partial charge >= 0.3 is 0 Å². The second kappa shape index (κ2) is 7.43. The lowest BCUT2D eigenvalue weighted by atomic mass is 10.2. The number of hydrogen-bond acceptors (Lipinski definition) is 3. The lowest BCUT2D eigenvalue weighted by molar-refractivity contribution is 0.250. The van der Waals surface area contributed by atoms with Gasteiger partial charge in [0.25, 0.3) is 0 Å². The molecule has 0 atom stereocenters. The smallest absolute Gasteiger partial charge is 0.120 e. The second-order valence-electron chi connectivity index (χ2n) is 5.71. The summed E-state index contributed by atoms with van der Waals surface area (Å²) in [6.45, 7) is 4.97. The summed E-state index contributed by atoms with van der Waals surface area (Å²) in [4.78, 5) is 4.84. The highest BCUT2D eigenvalue weighted by atomic mass is 35.5. The first-order valence-electron chi connectivity index (χ1n) is 7.71. The zero-order valence-corrected chi connectivity index (χ0v) is 14.6. The molecule has 0 bridgehead atoms. The van der Waals surface area contributed by atoms with E-state index in [0.717, 1.165) is 38.5 Å². The molecule has 5 heteroatoms. The minimum atomic E-state index is 0.610. The molecule has 3 nitrogen and oxygen atoms in total. The van der Waals surface area contributed by atoms with E-state index < -0.39 is 0 Å². The van der Waals surface area contributed by atoms with Crippen LogP contribution in [0.25, 0.3) is 0 Å². The van der Waals surface area contributed by atoms with E-state index in [1.54, 1.807) is 7.11 Å². The van der Waals surface area contributed by atoms with E-state index in [0.29, 0.717) is 10.0 Å². The molecule has 0 N–H and O–H groups in total. The largest absolute Gasteiger partial charge is 0.497 e. The molecule has 1 heterocycles. The Kier molecular flexibility index (Phi) is 5.31. The van der Waals surface area contributed by atoms with Crippen molar-refractivity contribution in [2.45, 2.75) is 6.54 Å². The van der Waals surface area contributed by atoms with Gasteiger partial charge in [-0.25, -0.2) is 0 Å². The molecule has 0 aromatic heterocycles. The first-order valence-corrected chi connectivity index (χ1v) is 8.46. The van der Waals surface area contributed by atoms with Gasteiger partial charge in [-0.05, 0) is 29.8 Å². The summed E-state index contributed by atoms with van der Waals surface area (Å²) in [5, 5.41) is 1.23. The molecule has 0 unspecified atom stereocenters. The lowest BCUT2D eigenvalue weighted by Crippen LogP contribution is -2.45. The van der Waals surface area contributed by atoms with Gasteiger partial charge in [-0.1, -0.05) is 35.3 Å². The fourth-order valence-electron chi connectivity index (χ4n) is 2.87. The number of ether oxygens (including phenoxy) is 1. The van der Waals surface area contributed by atoms with Crippen LogP contribution in [0.3, 0.4) is 0 Å².